The molecule has 0 aromatic heterocycles. The van der Waals surface area contributed by atoms with Crippen molar-refractivity contribution in [1.29, 1.82) is 0 Å². The van der Waals surface area contributed by atoms with Gasteiger partial charge in [0, 0.05) is 12.1 Å². The molecule has 1 amide bonds. The fourth-order valence-corrected chi connectivity index (χ4v) is 2.74. The highest BCUT2D eigenvalue weighted by molar-refractivity contribution is 5.95. The number of benzene rings is 1. The molecule has 112 valence electrons. The minimum atomic E-state index is -1.04. The van der Waals surface area contributed by atoms with Crippen molar-refractivity contribution < 1.29 is 24.2 Å². The summed E-state index contributed by atoms with van der Waals surface area (Å²) < 4.78 is 10.7. The molecule has 21 heavy (non-hydrogen) atoms. The number of rotatable bonds is 2. The number of carboxylic acid groups (broad SMARTS) is 1. The number of ether oxygens (including phenoxy) is 2. The smallest absolute Gasteiger partial charge is 0.334 e. The van der Waals surface area contributed by atoms with Gasteiger partial charge in [-0.1, -0.05) is 6.07 Å². The molecule has 6 heteroatoms. The highest BCUT2D eigenvalue weighted by atomic mass is 16.5. The van der Waals surface area contributed by atoms with Crippen LogP contribution in [0.5, 0.6) is 0 Å². The summed E-state index contributed by atoms with van der Waals surface area (Å²) in [4.78, 5) is 25.2. The zero-order valence-electron chi connectivity index (χ0n) is 11.7. The molecule has 2 heterocycles. The standard InChI is InChI=1S/C15H17NO5/c1-9-5-16(6-13(21-9)15(18)19)14(17)10-2-3-11-7-20-8-12(11)4-10/h2-4,9,13H,5-8H2,1H3,(H,18,19)/t9-,13?/m1/s1. The lowest BCUT2D eigenvalue weighted by Crippen LogP contribution is -2.51. The van der Waals surface area contributed by atoms with Crippen LogP contribution in [0.3, 0.4) is 0 Å². The number of fused-ring (bicyclic) bond motifs is 1. The van der Waals surface area contributed by atoms with Crippen molar-refractivity contribution in [3.63, 3.8) is 0 Å². The molecule has 0 spiro atoms. The summed E-state index contributed by atoms with van der Waals surface area (Å²) >= 11 is 0. The molecule has 2 aliphatic rings. The molecule has 1 fully saturated rings. The van der Waals surface area contributed by atoms with Gasteiger partial charge in [0.15, 0.2) is 6.10 Å². The molecular formula is C15H17NO5. The van der Waals surface area contributed by atoms with Crippen LogP contribution in [0.25, 0.3) is 0 Å². The molecule has 1 unspecified atom stereocenters. The number of hydrogen-bond acceptors (Lipinski definition) is 4. The number of morpholine rings is 1. The minimum absolute atomic E-state index is 0.0755. The maximum absolute atomic E-state index is 12.5. The summed E-state index contributed by atoms with van der Waals surface area (Å²) in [6.45, 7) is 3.35. The van der Waals surface area contributed by atoms with Crippen LogP contribution < -0.4 is 0 Å². The summed E-state index contributed by atoms with van der Waals surface area (Å²) in [5, 5.41) is 9.07. The van der Waals surface area contributed by atoms with Gasteiger partial charge in [0.05, 0.1) is 25.9 Å². The van der Waals surface area contributed by atoms with Crippen molar-refractivity contribution >= 4 is 11.9 Å². The lowest BCUT2D eigenvalue weighted by atomic mass is 10.0. The normalized spacial score (nSPS) is 24.7. The van der Waals surface area contributed by atoms with Gasteiger partial charge in [-0.2, -0.15) is 0 Å². The molecule has 2 aliphatic heterocycles. The van der Waals surface area contributed by atoms with Gasteiger partial charge in [0.25, 0.3) is 5.91 Å². The molecular weight excluding hydrogens is 274 g/mol. The van der Waals surface area contributed by atoms with Crippen molar-refractivity contribution in [1.82, 2.24) is 4.90 Å². The van der Waals surface area contributed by atoms with Crippen LogP contribution in [-0.4, -0.2) is 47.2 Å². The first kappa shape index (κ1) is 14.0. The third-order valence-corrected chi connectivity index (χ3v) is 3.79. The molecule has 3 rings (SSSR count). The Kier molecular flexibility index (Phi) is 3.65. The van der Waals surface area contributed by atoms with Gasteiger partial charge in [-0.3, -0.25) is 4.79 Å². The number of hydrogen-bond donors (Lipinski definition) is 1. The van der Waals surface area contributed by atoms with E-state index in [2.05, 4.69) is 0 Å². The Morgan fingerprint density at radius 3 is 2.76 bits per heavy atom. The minimum Gasteiger partial charge on any atom is -0.479 e. The molecule has 0 saturated carbocycles. The third kappa shape index (κ3) is 2.77. The van der Waals surface area contributed by atoms with Crippen LogP contribution in [0.1, 0.15) is 28.4 Å². The van der Waals surface area contributed by atoms with Crippen LogP contribution in [-0.2, 0) is 27.5 Å². The van der Waals surface area contributed by atoms with E-state index in [0.717, 1.165) is 11.1 Å². The van der Waals surface area contributed by atoms with Crippen molar-refractivity contribution in [3.8, 4) is 0 Å². The Balaban J connectivity index is 1.79. The molecule has 1 aromatic carbocycles. The number of carboxylic acids is 1. The zero-order chi connectivity index (χ0) is 15.0. The molecule has 1 aromatic rings. The Bertz CT molecular complexity index is 585. The van der Waals surface area contributed by atoms with Crippen LogP contribution in [0.4, 0.5) is 0 Å². The van der Waals surface area contributed by atoms with Crippen molar-refractivity contribution in [3.05, 3.63) is 34.9 Å². The second-order valence-electron chi connectivity index (χ2n) is 5.46. The largest absolute Gasteiger partial charge is 0.479 e. The highest BCUT2D eigenvalue weighted by Gasteiger charge is 2.33. The lowest BCUT2D eigenvalue weighted by Gasteiger charge is -2.35. The topological polar surface area (TPSA) is 76.1 Å². The van der Waals surface area contributed by atoms with Gasteiger partial charge in [-0.15, -0.1) is 0 Å². The van der Waals surface area contributed by atoms with Crippen molar-refractivity contribution in [2.45, 2.75) is 32.3 Å². The zero-order valence-corrected chi connectivity index (χ0v) is 11.7. The van der Waals surface area contributed by atoms with E-state index < -0.39 is 12.1 Å². The molecule has 0 bridgehead atoms. The van der Waals surface area contributed by atoms with E-state index in [1.54, 1.807) is 17.9 Å². The van der Waals surface area contributed by atoms with Crippen LogP contribution in [0.15, 0.2) is 18.2 Å². The van der Waals surface area contributed by atoms with E-state index >= 15 is 0 Å². The van der Waals surface area contributed by atoms with Crippen LogP contribution >= 0.6 is 0 Å². The first-order valence-corrected chi connectivity index (χ1v) is 6.91. The lowest BCUT2D eigenvalue weighted by molar-refractivity contribution is -0.160. The average Bonchev–Trinajstić information content (AvgIpc) is 2.93. The van der Waals surface area contributed by atoms with E-state index in [0.29, 0.717) is 25.3 Å². The van der Waals surface area contributed by atoms with Gasteiger partial charge < -0.3 is 19.5 Å². The molecule has 1 saturated heterocycles. The Morgan fingerprint density at radius 1 is 1.24 bits per heavy atom. The van der Waals surface area contributed by atoms with Crippen LogP contribution in [0, 0.1) is 0 Å². The molecule has 0 radical (unpaired) electrons. The van der Waals surface area contributed by atoms with E-state index in [-0.39, 0.29) is 18.6 Å². The second-order valence-corrected chi connectivity index (χ2v) is 5.46. The monoisotopic (exact) mass is 291 g/mol. The van der Waals surface area contributed by atoms with E-state index in [1.165, 1.54) is 0 Å². The highest BCUT2D eigenvalue weighted by Crippen LogP contribution is 2.22. The second kappa shape index (κ2) is 5.46. The van der Waals surface area contributed by atoms with Gasteiger partial charge in [-0.25, -0.2) is 4.79 Å². The fraction of sp³-hybridized carbons (Fsp3) is 0.467. The number of carbonyl (C=O) groups excluding carboxylic acids is 1. The van der Waals surface area contributed by atoms with Gasteiger partial charge in [-0.05, 0) is 30.2 Å². The molecule has 1 N–H and O–H groups in total. The van der Waals surface area contributed by atoms with E-state index in [1.807, 2.05) is 12.1 Å². The summed E-state index contributed by atoms with van der Waals surface area (Å²) in [6, 6.07) is 5.50. The fourth-order valence-electron chi connectivity index (χ4n) is 2.74. The van der Waals surface area contributed by atoms with Crippen molar-refractivity contribution in [2.24, 2.45) is 0 Å². The quantitative estimate of drug-likeness (QED) is 0.880. The average molecular weight is 291 g/mol. The van der Waals surface area contributed by atoms with Gasteiger partial charge >= 0.3 is 5.97 Å². The first-order chi connectivity index (χ1) is 10.0. The third-order valence-electron chi connectivity index (χ3n) is 3.79. The Morgan fingerprint density at radius 2 is 2.00 bits per heavy atom. The van der Waals surface area contributed by atoms with Gasteiger partial charge in [0.2, 0.25) is 0 Å². The van der Waals surface area contributed by atoms with E-state index in [9.17, 15) is 9.59 Å². The summed E-state index contributed by atoms with van der Waals surface area (Å²) in [5.74, 6) is -1.20. The SMILES string of the molecule is C[C@@H]1CN(C(=O)c2ccc3c(c2)COC3)CC(C(=O)O)O1. The summed E-state index contributed by atoms with van der Waals surface area (Å²) in [5.41, 5.74) is 2.69. The number of carbonyl (C=O) groups is 2. The Labute approximate surface area is 122 Å². The van der Waals surface area contributed by atoms with E-state index in [4.69, 9.17) is 14.6 Å². The number of nitrogens with zero attached hydrogens (tertiary/aromatic N) is 1. The summed E-state index contributed by atoms with van der Waals surface area (Å²) in [6.07, 6.45) is -1.25. The summed E-state index contributed by atoms with van der Waals surface area (Å²) in [7, 11) is 0. The molecule has 0 aliphatic carbocycles. The number of amides is 1. The number of aliphatic carboxylic acids is 1. The Hall–Kier alpha value is -1.92. The predicted molar refractivity (Wildman–Crippen MR) is 72.8 cm³/mol. The van der Waals surface area contributed by atoms with Gasteiger partial charge in [0.1, 0.15) is 0 Å². The molecule has 2 atom stereocenters. The predicted octanol–water partition coefficient (Wildman–Crippen LogP) is 1.03. The maximum atomic E-state index is 12.5. The first-order valence-electron chi connectivity index (χ1n) is 6.91. The van der Waals surface area contributed by atoms with Crippen LogP contribution in [0.2, 0.25) is 0 Å². The molecule has 6 nitrogen and oxygen atoms in total. The maximum Gasteiger partial charge on any atom is 0.334 e. The van der Waals surface area contributed by atoms with Crippen molar-refractivity contribution in [2.75, 3.05) is 13.1 Å².